The van der Waals surface area contributed by atoms with Gasteiger partial charge >= 0.3 is 0 Å². The molecule has 0 atom stereocenters. The lowest BCUT2D eigenvalue weighted by Crippen LogP contribution is -2.13. The summed E-state index contributed by atoms with van der Waals surface area (Å²) < 4.78 is 2.83. The molecule has 1 amide bonds. The fourth-order valence-corrected chi connectivity index (χ4v) is 2.92. The number of carbonyl (C=O) groups is 2. The minimum atomic E-state index is -0.577. The van der Waals surface area contributed by atoms with Crippen LogP contribution in [0.2, 0.25) is 0 Å². The first-order valence-electron chi connectivity index (χ1n) is 8.38. The van der Waals surface area contributed by atoms with Gasteiger partial charge in [0, 0.05) is 18.2 Å². The van der Waals surface area contributed by atoms with Crippen molar-refractivity contribution in [2.45, 2.75) is 12.8 Å². The average Bonchev–Trinajstić information content (AvgIpc) is 3.35. The third-order valence-electron chi connectivity index (χ3n) is 4.29. The molecule has 0 saturated carbocycles. The number of aryl methyl sites for hydroxylation is 1. The SMILES string of the molecule is NC(=O)c1ccc(-c2cnn(C(=O)CCc3ccccc3)c2)n2ncnc12. The number of nitrogens with two attached hydrogens (primary N) is 1. The van der Waals surface area contributed by atoms with E-state index in [0.717, 1.165) is 5.56 Å². The van der Waals surface area contributed by atoms with Crippen LogP contribution in [0.1, 0.15) is 27.1 Å². The number of pyridine rings is 1. The molecule has 8 heteroatoms. The summed E-state index contributed by atoms with van der Waals surface area (Å²) in [5.41, 5.74) is 8.47. The van der Waals surface area contributed by atoms with E-state index < -0.39 is 5.91 Å². The van der Waals surface area contributed by atoms with Gasteiger partial charge in [0.15, 0.2) is 5.65 Å². The Bertz CT molecular complexity index is 1130. The van der Waals surface area contributed by atoms with E-state index in [1.807, 2.05) is 30.3 Å². The molecule has 0 aliphatic carbocycles. The topological polar surface area (TPSA) is 108 Å². The number of primary amides is 1. The summed E-state index contributed by atoms with van der Waals surface area (Å²) in [7, 11) is 0. The van der Waals surface area contributed by atoms with Crippen LogP contribution < -0.4 is 5.73 Å². The smallest absolute Gasteiger partial charge is 0.252 e. The van der Waals surface area contributed by atoms with Crippen LogP contribution in [0.25, 0.3) is 16.9 Å². The molecule has 0 aliphatic rings. The van der Waals surface area contributed by atoms with Gasteiger partial charge in [-0.15, -0.1) is 0 Å². The van der Waals surface area contributed by atoms with Crippen molar-refractivity contribution in [2.75, 3.05) is 0 Å². The number of nitrogens with zero attached hydrogens (tertiary/aromatic N) is 5. The zero-order valence-electron chi connectivity index (χ0n) is 14.3. The molecular formula is C19H16N6O2. The van der Waals surface area contributed by atoms with Crippen molar-refractivity contribution in [1.29, 1.82) is 0 Å². The largest absolute Gasteiger partial charge is 0.365 e. The summed E-state index contributed by atoms with van der Waals surface area (Å²) in [4.78, 5) is 28.0. The summed E-state index contributed by atoms with van der Waals surface area (Å²) in [5.74, 6) is -0.681. The molecule has 8 nitrogen and oxygen atoms in total. The standard InChI is InChI=1S/C19H16N6O2/c20-18(27)15-7-8-16(25-19(15)21-12-23-25)14-10-22-24(11-14)17(26)9-6-13-4-2-1-3-5-13/h1-5,7-8,10-12H,6,9H2,(H2,20,27). The molecule has 0 bridgehead atoms. The molecule has 3 heterocycles. The van der Waals surface area contributed by atoms with Gasteiger partial charge in [-0.05, 0) is 24.1 Å². The maximum absolute atomic E-state index is 12.4. The van der Waals surface area contributed by atoms with Gasteiger partial charge in [0.05, 0.1) is 17.5 Å². The first kappa shape index (κ1) is 16.6. The highest BCUT2D eigenvalue weighted by atomic mass is 16.2. The van der Waals surface area contributed by atoms with Gasteiger partial charge in [0.25, 0.3) is 5.91 Å². The zero-order valence-corrected chi connectivity index (χ0v) is 14.3. The predicted octanol–water partition coefficient (Wildman–Crippen LogP) is 1.96. The fourth-order valence-electron chi connectivity index (χ4n) is 2.92. The Hall–Kier alpha value is -3.81. The summed E-state index contributed by atoms with van der Waals surface area (Å²) >= 11 is 0. The molecule has 134 valence electrons. The molecular weight excluding hydrogens is 344 g/mol. The predicted molar refractivity (Wildman–Crippen MR) is 98.1 cm³/mol. The Morgan fingerprint density at radius 3 is 2.63 bits per heavy atom. The number of aromatic nitrogens is 5. The van der Waals surface area contributed by atoms with Gasteiger partial charge < -0.3 is 5.73 Å². The molecule has 0 radical (unpaired) electrons. The van der Waals surface area contributed by atoms with Crippen LogP contribution in [0.5, 0.6) is 0 Å². The quantitative estimate of drug-likeness (QED) is 0.585. The lowest BCUT2D eigenvalue weighted by atomic mass is 10.1. The summed E-state index contributed by atoms with van der Waals surface area (Å²) in [6.45, 7) is 0. The van der Waals surface area contributed by atoms with E-state index >= 15 is 0 Å². The Kier molecular flexibility index (Phi) is 4.21. The highest BCUT2D eigenvalue weighted by Gasteiger charge is 2.15. The average molecular weight is 360 g/mol. The lowest BCUT2D eigenvalue weighted by Gasteiger charge is -2.04. The third-order valence-corrected chi connectivity index (χ3v) is 4.29. The van der Waals surface area contributed by atoms with Gasteiger partial charge in [-0.1, -0.05) is 30.3 Å². The number of rotatable bonds is 5. The van der Waals surface area contributed by atoms with E-state index in [9.17, 15) is 9.59 Å². The first-order valence-corrected chi connectivity index (χ1v) is 8.38. The van der Waals surface area contributed by atoms with Crippen LogP contribution in [0.4, 0.5) is 0 Å². The van der Waals surface area contributed by atoms with Crippen LogP contribution in [0.15, 0.2) is 61.2 Å². The second-order valence-corrected chi connectivity index (χ2v) is 6.04. The maximum Gasteiger partial charge on any atom is 0.252 e. The first-order chi connectivity index (χ1) is 13.1. The zero-order chi connectivity index (χ0) is 18.8. The number of benzene rings is 1. The Morgan fingerprint density at radius 1 is 1.04 bits per heavy atom. The monoisotopic (exact) mass is 360 g/mol. The van der Waals surface area contributed by atoms with Gasteiger partial charge in [-0.25, -0.2) is 14.2 Å². The molecule has 4 aromatic rings. The summed E-state index contributed by atoms with van der Waals surface area (Å²) in [6, 6.07) is 13.1. The van der Waals surface area contributed by atoms with E-state index in [-0.39, 0.29) is 11.5 Å². The van der Waals surface area contributed by atoms with E-state index in [0.29, 0.717) is 29.7 Å². The Morgan fingerprint density at radius 2 is 1.85 bits per heavy atom. The number of hydrogen-bond donors (Lipinski definition) is 1. The van der Waals surface area contributed by atoms with E-state index in [1.165, 1.54) is 15.5 Å². The molecule has 3 aromatic heterocycles. The fraction of sp³-hybridized carbons (Fsp3) is 0.105. The maximum atomic E-state index is 12.4. The number of carbonyl (C=O) groups excluding carboxylic acids is 2. The van der Waals surface area contributed by atoms with Crippen molar-refractivity contribution in [1.82, 2.24) is 24.4 Å². The molecule has 0 aliphatic heterocycles. The Balaban J connectivity index is 1.59. The Labute approximate surface area is 154 Å². The van der Waals surface area contributed by atoms with Crippen molar-refractivity contribution in [3.63, 3.8) is 0 Å². The number of hydrogen-bond acceptors (Lipinski definition) is 5. The second-order valence-electron chi connectivity index (χ2n) is 6.04. The molecule has 0 fully saturated rings. The van der Waals surface area contributed by atoms with E-state index in [4.69, 9.17) is 5.73 Å². The van der Waals surface area contributed by atoms with E-state index in [2.05, 4.69) is 15.2 Å². The second kappa shape index (κ2) is 6.83. The van der Waals surface area contributed by atoms with E-state index in [1.54, 1.807) is 24.5 Å². The molecule has 0 saturated heterocycles. The number of amides is 1. The molecule has 4 rings (SSSR count). The van der Waals surface area contributed by atoms with Gasteiger partial charge in [0.1, 0.15) is 6.33 Å². The van der Waals surface area contributed by atoms with Gasteiger partial charge in [-0.2, -0.15) is 10.2 Å². The van der Waals surface area contributed by atoms with Crippen LogP contribution in [-0.2, 0) is 6.42 Å². The normalized spacial score (nSPS) is 11.0. The third kappa shape index (κ3) is 3.20. The molecule has 2 N–H and O–H groups in total. The highest BCUT2D eigenvalue weighted by Crippen LogP contribution is 2.21. The van der Waals surface area contributed by atoms with Crippen molar-refractivity contribution < 1.29 is 9.59 Å². The molecule has 1 aromatic carbocycles. The van der Waals surface area contributed by atoms with Crippen molar-refractivity contribution in [3.8, 4) is 11.3 Å². The van der Waals surface area contributed by atoms with Crippen LogP contribution >= 0.6 is 0 Å². The van der Waals surface area contributed by atoms with Crippen LogP contribution in [0.3, 0.4) is 0 Å². The lowest BCUT2D eigenvalue weighted by molar-refractivity contribution is 0.0886. The van der Waals surface area contributed by atoms with Gasteiger partial charge in [-0.3, -0.25) is 9.59 Å². The molecule has 27 heavy (non-hydrogen) atoms. The molecule has 0 unspecified atom stereocenters. The number of fused-ring (bicyclic) bond motifs is 1. The summed E-state index contributed by atoms with van der Waals surface area (Å²) in [6.07, 6.45) is 5.58. The van der Waals surface area contributed by atoms with Crippen molar-refractivity contribution in [2.24, 2.45) is 5.73 Å². The van der Waals surface area contributed by atoms with Crippen molar-refractivity contribution >= 4 is 17.5 Å². The van der Waals surface area contributed by atoms with Crippen LogP contribution in [0, 0.1) is 0 Å². The van der Waals surface area contributed by atoms with Crippen LogP contribution in [-0.4, -0.2) is 36.2 Å². The highest BCUT2D eigenvalue weighted by molar-refractivity contribution is 5.99. The van der Waals surface area contributed by atoms with Gasteiger partial charge in [0.2, 0.25) is 5.91 Å². The minimum absolute atomic E-state index is 0.103. The minimum Gasteiger partial charge on any atom is -0.365 e. The summed E-state index contributed by atoms with van der Waals surface area (Å²) in [5, 5.41) is 8.31. The molecule has 0 spiro atoms. The van der Waals surface area contributed by atoms with Crippen molar-refractivity contribution in [3.05, 3.63) is 72.3 Å².